The molecule has 0 fully saturated rings. The summed E-state index contributed by atoms with van der Waals surface area (Å²) in [4.78, 5) is 14.8. The molecule has 1 aliphatic heterocycles. The molecule has 0 atom stereocenters. The van der Waals surface area contributed by atoms with Crippen molar-refractivity contribution in [3.63, 3.8) is 0 Å². The molecule has 1 N–H and O–H groups in total. The van der Waals surface area contributed by atoms with Crippen LogP contribution in [0.2, 0.25) is 0 Å². The summed E-state index contributed by atoms with van der Waals surface area (Å²) in [5, 5.41) is 2.69. The van der Waals surface area contributed by atoms with Gasteiger partial charge in [-0.3, -0.25) is 9.79 Å². The average Bonchev–Trinajstić information content (AvgIpc) is 2.04. The second-order valence-electron chi connectivity index (χ2n) is 2.23. The van der Waals surface area contributed by atoms with Gasteiger partial charge >= 0.3 is 0 Å². The lowest BCUT2D eigenvalue weighted by atomic mass is 10.1. The number of carbonyl (C=O) groups is 1. The summed E-state index contributed by atoms with van der Waals surface area (Å²) >= 11 is 0. The molecule has 0 radical (unpaired) electrons. The normalized spacial score (nSPS) is 17.6. The summed E-state index contributed by atoms with van der Waals surface area (Å²) in [7, 11) is 0. The zero-order valence-electron chi connectivity index (χ0n) is 6.26. The first kappa shape index (κ1) is 7.72. The molecule has 0 aromatic rings. The Morgan fingerprint density at radius 1 is 1.64 bits per heavy atom. The van der Waals surface area contributed by atoms with E-state index in [-0.39, 0.29) is 5.91 Å². The highest BCUT2D eigenvalue weighted by molar-refractivity contribution is 5.97. The van der Waals surface area contributed by atoms with Crippen LogP contribution in [0.1, 0.15) is 6.42 Å². The fourth-order valence-electron chi connectivity index (χ4n) is 1.03. The lowest BCUT2D eigenvalue weighted by molar-refractivity contribution is -0.117. The van der Waals surface area contributed by atoms with E-state index in [1.165, 1.54) is 6.08 Å². The molecule has 1 aliphatic rings. The molecule has 1 amide bonds. The van der Waals surface area contributed by atoms with Gasteiger partial charge in [-0.15, -0.1) is 0 Å². The van der Waals surface area contributed by atoms with E-state index in [2.05, 4.69) is 23.6 Å². The molecule has 58 valence electrons. The second kappa shape index (κ2) is 3.14. The summed E-state index contributed by atoms with van der Waals surface area (Å²) in [6, 6.07) is 0. The first-order valence-electron chi connectivity index (χ1n) is 3.40. The maximum Gasteiger partial charge on any atom is 0.253 e. The monoisotopic (exact) mass is 150 g/mol. The van der Waals surface area contributed by atoms with Crippen molar-refractivity contribution in [3.05, 3.63) is 23.9 Å². The van der Waals surface area contributed by atoms with E-state index >= 15 is 0 Å². The molecule has 0 unspecified atom stereocenters. The van der Waals surface area contributed by atoms with E-state index < -0.39 is 0 Å². The highest BCUT2D eigenvalue weighted by atomic mass is 16.1. The number of nitrogens with zero attached hydrogens (tertiary/aromatic N) is 1. The zero-order valence-corrected chi connectivity index (χ0v) is 6.26. The SMILES string of the molecule is C=CC1=C(N=C)CCNC1=O. The molecule has 3 nitrogen and oxygen atoms in total. The van der Waals surface area contributed by atoms with Gasteiger partial charge in [-0.05, 0) is 6.72 Å². The van der Waals surface area contributed by atoms with Crippen LogP contribution in [0.5, 0.6) is 0 Å². The fourth-order valence-corrected chi connectivity index (χ4v) is 1.03. The Morgan fingerprint density at radius 3 is 2.82 bits per heavy atom. The van der Waals surface area contributed by atoms with E-state index in [0.29, 0.717) is 12.1 Å². The van der Waals surface area contributed by atoms with Crippen molar-refractivity contribution in [2.24, 2.45) is 4.99 Å². The molecule has 0 aromatic heterocycles. The second-order valence-corrected chi connectivity index (χ2v) is 2.23. The first-order chi connectivity index (χ1) is 5.29. The number of nitrogens with one attached hydrogen (secondary N) is 1. The summed E-state index contributed by atoms with van der Waals surface area (Å²) in [6.07, 6.45) is 2.26. The number of hydrogen-bond donors (Lipinski definition) is 1. The van der Waals surface area contributed by atoms with Gasteiger partial charge in [-0.1, -0.05) is 12.7 Å². The zero-order chi connectivity index (χ0) is 8.27. The van der Waals surface area contributed by atoms with Crippen molar-refractivity contribution in [2.75, 3.05) is 6.54 Å². The molecule has 0 aliphatic carbocycles. The van der Waals surface area contributed by atoms with Crippen LogP contribution in [0.4, 0.5) is 0 Å². The van der Waals surface area contributed by atoms with Crippen LogP contribution in [-0.2, 0) is 4.79 Å². The van der Waals surface area contributed by atoms with Crippen molar-refractivity contribution in [3.8, 4) is 0 Å². The molecule has 0 saturated heterocycles. The van der Waals surface area contributed by atoms with Gasteiger partial charge in [-0.25, -0.2) is 0 Å². The van der Waals surface area contributed by atoms with Gasteiger partial charge < -0.3 is 5.32 Å². The Hall–Kier alpha value is -1.38. The minimum atomic E-state index is -0.103. The lowest BCUT2D eigenvalue weighted by Crippen LogP contribution is -2.30. The van der Waals surface area contributed by atoms with E-state index in [4.69, 9.17) is 0 Å². The van der Waals surface area contributed by atoms with E-state index in [9.17, 15) is 4.79 Å². The number of hydrogen-bond acceptors (Lipinski definition) is 2. The molecular weight excluding hydrogens is 140 g/mol. The summed E-state index contributed by atoms with van der Waals surface area (Å²) in [6.45, 7) is 7.55. The number of amides is 1. The smallest absolute Gasteiger partial charge is 0.253 e. The van der Waals surface area contributed by atoms with E-state index in [1.54, 1.807) is 0 Å². The Kier molecular flexibility index (Phi) is 2.21. The molecule has 0 bridgehead atoms. The highest BCUT2D eigenvalue weighted by Crippen LogP contribution is 2.14. The lowest BCUT2D eigenvalue weighted by Gasteiger charge is -2.14. The van der Waals surface area contributed by atoms with Gasteiger partial charge in [0.1, 0.15) is 0 Å². The Bertz CT molecular complexity index is 240. The molecule has 3 heteroatoms. The standard InChI is InChI=1S/C8H10N2O/c1-3-6-7(9-2)4-5-10-8(6)11/h3H,1-2,4-5H2,(H,10,11). The van der Waals surface area contributed by atoms with Crippen LogP contribution in [0.25, 0.3) is 0 Å². The quantitative estimate of drug-likeness (QED) is 0.577. The Balaban J connectivity index is 3.04. The summed E-state index contributed by atoms with van der Waals surface area (Å²) < 4.78 is 0. The largest absolute Gasteiger partial charge is 0.352 e. The predicted octanol–water partition coefficient (Wildman–Crippen LogP) is 0.647. The number of aliphatic imine (C=N–C) groups is 1. The third-order valence-electron chi connectivity index (χ3n) is 1.60. The van der Waals surface area contributed by atoms with Crippen molar-refractivity contribution >= 4 is 12.6 Å². The minimum absolute atomic E-state index is 0.103. The van der Waals surface area contributed by atoms with Gasteiger partial charge in [0.25, 0.3) is 5.91 Å². The van der Waals surface area contributed by atoms with Crippen LogP contribution >= 0.6 is 0 Å². The molecule has 1 heterocycles. The number of rotatable bonds is 2. The van der Waals surface area contributed by atoms with Crippen LogP contribution in [0, 0.1) is 0 Å². The van der Waals surface area contributed by atoms with E-state index in [1.807, 2.05) is 0 Å². The maximum atomic E-state index is 11.1. The molecular formula is C8H10N2O. The highest BCUT2D eigenvalue weighted by Gasteiger charge is 2.15. The van der Waals surface area contributed by atoms with Gasteiger partial charge in [0.15, 0.2) is 0 Å². The van der Waals surface area contributed by atoms with Gasteiger partial charge in [0.05, 0.1) is 11.3 Å². The van der Waals surface area contributed by atoms with Gasteiger partial charge in [0, 0.05) is 13.0 Å². The van der Waals surface area contributed by atoms with Gasteiger partial charge in [0.2, 0.25) is 0 Å². The van der Waals surface area contributed by atoms with Crippen LogP contribution < -0.4 is 5.32 Å². The minimum Gasteiger partial charge on any atom is -0.352 e. The molecule has 11 heavy (non-hydrogen) atoms. The third kappa shape index (κ3) is 1.37. The van der Waals surface area contributed by atoms with Crippen molar-refractivity contribution in [2.45, 2.75) is 6.42 Å². The fraction of sp³-hybridized carbons (Fsp3) is 0.250. The van der Waals surface area contributed by atoms with E-state index in [0.717, 1.165) is 12.1 Å². The van der Waals surface area contributed by atoms with Crippen molar-refractivity contribution < 1.29 is 4.79 Å². The predicted molar refractivity (Wildman–Crippen MR) is 44.4 cm³/mol. The van der Waals surface area contributed by atoms with Crippen LogP contribution in [0.3, 0.4) is 0 Å². The summed E-state index contributed by atoms with van der Waals surface area (Å²) in [5.41, 5.74) is 1.29. The number of carbonyl (C=O) groups excluding carboxylic acids is 1. The molecule has 0 spiro atoms. The molecule has 1 rings (SSSR count). The van der Waals surface area contributed by atoms with Crippen molar-refractivity contribution in [1.29, 1.82) is 0 Å². The van der Waals surface area contributed by atoms with Gasteiger partial charge in [-0.2, -0.15) is 0 Å². The van der Waals surface area contributed by atoms with Crippen molar-refractivity contribution in [1.82, 2.24) is 5.32 Å². The topological polar surface area (TPSA) is 41.5 Å². The summed E-state index contributed by atoms with van der Waals surface area (Å²) in [5.74, 6) is -0.103. The maximum absolute atomic E-state index is 11.1. The third-order valence-corrected chi connectivity index (χ3v) is 1.60. The van der Waals surface area contributed by atoms with Crippen LogP contribution in [-0.4, -0.2) is 19.2 Å². The molecule has 0 aromatic carbocycles. The average molecular weight is 150 g/mol. The Morgan fingerprint density at radius 2 is 2.36 bits per heavy atom. The molecule has 0 saturated carbocycles. The Labute approximate surface area is 65.5 Å². The first-order valence-corrected chi connectivity index (χ1v) is 3.40. The van der Waals surface area contributed by atoms with Crippen LogP contribution in [0.15, 0.2) is 28.9 Å².